The molecule has 1 N–H and O–H groups in total. The van der Waals surface area contributed by atoms with Gasteiger partial charge in [0.25, 0.3) is 11.8 Å². The van der Waals surface area contributed by atoms with Gasteiger partial charge in [0, 0.05) is 23.1 Å². The lowest BCUT2D eigenvalue weighted by atomic mass is 10.1. The second-order valence-corrected chi connectivity index (χ2v) is 11.4. The summed E-state index contributed by atoms with van der Waals surface area (Å²) in [6.45, 7) is 7.61. The quantitative estimate of drug-likeness (QED) is 0.258. The predicted molar refractivity (Wildman–Crippen MR) is 159 cm³/mol. The molecule has 39 heavy (non-hydrogen) atoms. The number of anilines is 1. The maximum atomic E-state index is 12.6. The summed E-state index contributed by atoms with van der Waals surface area (Å²) in [4.78, 5) is 39.8. The van der Waals surface area contributed by atoms with E-state index in [2.05, 4.69) is 22.5 Å². The normalized spacial score (nSPS) is 15.6. The molecule has 11 heteroatoms. The zero-order chi connectivity index (χ0) is 26.2. The Morgan fingerprint density at radius 1 is 1.05 bits per heavy atom. The van der Waals surface area contributed by atoms with E-state index in [9.17, 15) is 9.59 Å². The van der Waals surface area contributed by atoms with Gasteiger partial charge in [-0.15, -0.1) is 35.1 Å². The van der Waals surface area contributed by atoms with E-state index in [-0.39, 0.29) is 18.3 Å². The maximum absolute atomic E-state index is 12.6. The van der Waals surface area contributed by atoms with Gasteiger partial charge in [0.1, 0.15) is 17.2 Å². The summed E-state index contributed by atoms with van der Waals surface area (Å²) in [5.41, 5.74) is 5.41. The fourth-order valence-electron chi connectivity index (χ4n) is 4.81. The van der Waals surface area contributed by atoms with Crippen LogP contribution in [0.4, 0.5) is 5.82 Å². The first-order valence-electron chi connectivity index (χ1n) is 12.6. The molecule has 2 aliphatic rings. The Balaban J connectivity index is 0.00000308. The third-order valence-corrected chi connectivity index (χ3v) is 8.94. The number of fused-ring (bicyclic) bond motifs is 1. The molecule has 0 unspecified atom stereocenters. The maximum Gasteiger partial charge on any atom is 0.275 e. The number of hydrogen-bond donors (Lipinski definition) is 1. The second-order valence-electron chi connectivity index (χ2n) is 9.45. The lowest BCUT2D eigenvalue weighted by Crippen LogP contribution is -2.36. The van der Waals surface area contributed by atoms with E-state index in [1.807, 2.05) is 36.6 Å². The highest BCUT2D eigenvalue weighted by molar-refractivity contribution is 7.22. The van der Waals surface area contributed by atoms with Crippen LogP contribution in [0.25, 0.3) is 31.4 Å². The number of ether oxygens (including phenoxy) is 1. The number of amides is 2. The van der Waals surface area contributed by atoms with Gasteiger partial charge in [-0.1, -0.05) is 6.07 Å². The van der Waals surface area contributed by atoms with Crippen LogP contribution >= 0.6 is 35.1 Å². The summed E-state index contributed by atoms with van der Waals surface area (Å²) < 4.78 is 5.98. The highest BCUT2D eigenvalue weighted by Gasteiger charge is 2.30. The molecule has 5 heterocycles. The number of thiophene rings is 2. The Morgan fingerprint density at radius 3 is 2.49 bits per heavy atom. The zero-order valence-corrected chi connectivity index (χ0v) is 24.0. The summed E-state index contributed by atoms with van der Waals surface area (Å²) in [6, 6.07) is 12.0. The Kier molecular flexibility index (Phi) is 7.99. The van der Waals surface area contributed by atoms with Gasteiger partial charge in [-0.3, -0.25) is 19.9 Å². The van der Waals surface area contributed by atoms with Crippen LogP contribution in [0.1, 0.15) is 25.3 Å². The fourth-order valence-corrected chi connectivity index (χ4v) is 6.66. The van der Waals surface area contributed by atoms with Crippen LogP contribution in [-0.2, 0) is 9.59 Å². The molecule has 4 aromatic rings. The van der Waals surface area contributed by atoms with Crippen molar-refractivity contribution in [1.29, 1.82) is 0 Å². The molecule has 0 bridgehead atoms. The van der Waals surface area contributed by atoms with E-state index in [4.69, 9.17) is 14.7 Å². The molecule has 6 rings (SSSR count). The summed E-state index contributed by atoms with van der Waals surface area (Å²) in [5, 5.41) is 3.78. The molecule has 8 nitrogen and oxygen atoms in total. The number of imide groups is 1. The van der Waals surface area contributed by atoms with Gasteiger partial charge in [0.15, 0.2) is 11.6 Å². The minimum atomic E-state index is -0.412. The van der Waals surface area contributed by atoms with Crippen LogP contribution in [0.2, 0.25) is 0 Å². The molecule has 2 aliphatic heterocycles. The fraction of sp³-hybridized carbons (Fsp3) is 0.286. The number of nitrogens with one attached hydrogen (secondary N) is 1. The number of carbonyl (C=O) groups excluding carboxylic acids is 2. The first-order chi connectivity index (χ1) is 18.5. The van der Waals surface area contributed by atoms with Crippen LogP contribution in [0, 0.1) is 6.92 Å². The van der Waals surface area contributed by atoms with Gasteiger partial charge < -0.3 is 4.74 Å². The molecular formula is C28H28ClN5O3S2. The molecular weight excluding hydrogens is 554 g/mol. The highest BCUT2D eigenvalue weighted by atomic mass is 35.5. The number of nitrogens with zero attached hydrogens (tertiary/aromatic N) is 4. The third kappa shape index (κ3) is 5.42. The van der Waals surface area contributed by atoms with E-state index in [0.29, 0.717) is 23.8 Å². The van der Waals surface area contributed by atoms with E-state index >= 15 is 0 Å². The molecule has 0 saturated carbocycles. The average molecular weight is 582 g/mol. The summed E-state index contributed by atoms with van der Waals surface area (Å²) in [5.74, 6) is 1.04. The first kappa shape index (κ1) is 27.3. The molecule has 1 aromatic carbocycles. The third-order valence-electron chi connectivity index (χ3n) is 6.84. The summed E-state index contributed by atoms with van der Waals surface area (Å²) >= 11 is 3.11. The smallest absolute Gasteiger partial charge is 0.275 e. The predicted octanol–water partition coefficient (Wildman–Crippen LogP) is 5.93. The molecule has 2 amide bonds. The molecule has 0 radical (unpaired) electrons. The van der Waals surface area contributed by atoms with E-state index in [1.165, 1.54) is 30.3 Å². The molecule has 1 fully saturated rings. The lowest BCUT2D eigenvalue weighted by Gasteiger charge is -2.17. The largest absolute Gasteiger partial charge is 0.492 e. The van der Waals surface area contributed by atoms with Crippen LogP contribution in [0.3, 0.4) is 0 Å². The van der Waals surface area contributed by atoms with Gasteiger partial charge in [-0.2, -0.15) is 5.01 Å². The van der Waals surface area contributed by atoms with Crippen molar-refractivity contribution in [2.75, 3.05) is 31.7 Å². The zero-order valence-electron chi connectivity index (χ0n) is 21.6. The summed E-state index contributed by atoms with van der Waals surface area (Å²) in [6.07, 6.45) is 3.89. The van der Waals surface area contributed by atoms with Crippen molar-refractivity contribution in [1.82, 2.24) is 19.9 Å². The minimum Gasteiger partial charge on any atom is -0.492 e. The minimum absolute atomic E-state index is 0. The lowest BCUT2D eigenvalue weighted by molar-refractivity contribution is -0.135. The van der Waals surface area contributed by atoms with Crippen molar-refractivity contribution >= 4 is 62.9 Å². The van der Waals surface area contributed by atoms with Gasteiger partial charge in [-0.05, 0) is 86.6 Å². The van der Waals surface area contributed by atoms with E-state index in [0.717, 1.165) is 61.5 Å². The number of likely N-dealkylation sites (tertiary alicyclic amines) is 1. The topological polar surface area (TPSA) is 87.7 Å². The first-order valence-corrected chi connectivity index (χ1v) is 14.3. The van der Waals surface area contributed by atoms with Crippen LogP contribution in [0.15, 0.2) is 53.4 Å². The second kappa shape index (κ2) is 11.4. The monoisotopic (exact) mass is 581 g/mol. The number of carbonyl (C=O) groups is 2. The standard InChI is InChI=1S/C28H27N5O3S2.ClH/c1-17-16-22(34)33(28(17)35)31-26-23-18(2)24(38-27(23)30-25(29-26)21-6-5-15-37-21)19-7-9-20(10-8-19)36-14-13-32-11-3-4-12-32;/h5-10,15-16H,3-4,11-14H2,1-2H3,(H,29,30,31);1H. The van der Waals surface area contributed by atoms with E-state index in [1.54, 1.807) is 18.3 Å². The Bertz CT molecular complexity index is 1540. The number of aromatic nitrogens is 2. The van der Waals surface area contributed by atoms with Crippen LogP contribution in [0.5, 0.6) is 5.75 Å². The molecule has 0 atom stereocenters. The SMILES string of the molecule is CC1=CC(=O)N(Nc2nc(-c3cccs3)nc3sc(-c4ccc(OCCN5CCCC5)cc4)c(C)c23)C1=O.Cl. The molecule has 0 aliphatic carbocycles. The van der Waals surface area contributed by atoms with Crippen molar-refractivity contribution in [3.8, 4) is 26.9 Å². The number of aryl methyl sites for hydroxylation is 1. The van der Waals surface area contributed by atoms with Crippen molar-refractivity contribution in [3.63, 3.8) is 0 Å². The average Bonchev–Trinajstić information content (AvgIpc) is 3.72. The molecule has 0 spiro atoms. The Labute approximate surface area is 240 Å². The highest BCUT2D eigenvalue weighted by Crippen LogP contribution is 2.42. The van der Waals surface area contributed by atoms with Crippen molar-refractivity contribution in [2.24, 2.45) is 0 Å². The van der Waals surface area contributed by atoms with Gasteiger partial charge >= 0.3 is 0 Å². The molecule has 3 aromatic heterocycles. The van der Waals surface area contributed by atoms with Crippen LogP contribution in [-0.4, -0.2) is 57.9 Å². The van der Waals surface area contributed by atoms with Crippen molar-refractivity contribution < 1.29 is 14.3 Å². The number of benzene rings is 1. The number of rotatable bonds is 8. The molecule has 202 valence electrons. The molecule has 1 saturated heterocycles. The van der Waals surface area contributed by atoms with Crippen molar-refractivity contribution in [3.05, 3.63) is 59.0 Å². The number of hydrogen-bond acceptors (Lipinski definition) is 9. The number of hydrazine groups is 1. The van der Waals surface area contributed by atoms with Gasteiger partial charge in [0.05, 0.1) is 10.3 Å². The van der Waals surface area contributed by atoms with Gasteiger partial charge in [-0.25, -0.2) is 9.97 Å². The summed E-state index contributed by atoms with van der Waals surface area (Å²) in [7, 11) is 0. The van der Waals surface area contributed by atoms with Gasteiger partial charge in [0.2, 0.25) is 0 Å². The Hall–Kier alpha value is -3.31. The van der Waals surface area contributed by atoms with Crippen LogP contribution < -0.4 is 10.2 Å². The number of halogens is 1. The Morgan fingerprint density at radius 2 is 1.82 bits per heavy atom. The van der Waals surface area contributed by atoms with E-state index < -0.39 is 5.91 Å². The van der Waals surface area contributed by atoms with Crippen molar-refractivity contribution in [2.45, 2.75) is 26.7 Å².